The monoisotopic (exact) mass is 279 g/mol. The van der Waals surface area contributed by atoms with Crippen LogP contribution < -0.4 is 5.73 Å². The van der Waals surface area contributed by atoms with Gasteiger partial charge in [-0.25, -0.2) is 0 Å². The van der Waals surface area contributed by atoms with E-state index in [0.717, 1.165) is 19.4 Å². The van der Waals surface area contributed by atoms with E-state index in [-0.39, 0.29) is 0 Å². The summed E-state index contributed by atoms with van der Waals surface area (Å²) in [5.41, 5.74) is 13.5. The molecule has 0 heterocycles. The maximum absolute atomic E-state index is 5.58. The second kappa shape index (κ2) is 7.24. The van der Waals surface area contributed by atoms with E-state index >= 15 is 0 Å². The second-order valence-corrected chi connectivity index (χ2v) is 5.78. The molecule has 0 saturated heterocycles. The van der Waals surface area contributed by atoms with E-state index in [2.05, 4.69) is 69.3 Å². The van der Waals surface area contributed by atoms with Gasteiger partial charge in [0, 0.05) is 0 Å². The van der Waals surface area contributed by atoms with Gasteiger partial charge in [-0.2, -0.15) is 0 Å². The van der Waals surface area contributed by atoms with E-state index in [1.165, 1.54) is 33.4 Å². The van der Waals surface area contributed by atoms with Crippen LogP contribution in [0.4, 0.5) is 0 Å². The van der Waals surface area contributed by atoms with Crippen LogP contribution in [-0.2, 0) is 6.42 Å². The molecule has 0 amide bonds. The van der Waals surface area contributed by atoms with Gasteiger partial charge in [0.2, 0.25) is 0 Å². The Morgan fingerprint density at radius 1 is 0.952 bits per heavy atom. The third kappa shape index (κ3) is 4.30. The molecule has 0 radical (unpaired) electrons. The lowest BCUT2D eigenvalue weighted by atomic mass is 9.98. The van der Waals surface area contributed by atoms with Gasteiger partial charge < -0.3 is 5.73 Å². The molecule has 0 bridgehead atoms. The first kappa shape index (κ1) is 15.5. The average molecular weight is 279 g/mol. The van der Waals surface area contributed by atoms with Crippen molar-refractivity contribution in [3.05, 3.63) is 69.8 Å². The topological polar surface area (TPSA) is 26.0 Å². The van der Waals surface area contributed by atoms with Crippen LogP contribution in [0.15, 0.2) is 36.4 Å². The molecule has 110 valence electrons. The molecule has 1 heteroatoms. The highest BCUT2D eigenvalue weighted by molar-refractivity contribution is 5.73. The van der Waals surface area contributed by atoms with E-state index in [1.807, 2.05) is 0 Å². The van der Waals surface area contributed by atoms with Gasteiger partial charge in [0.25, 0.3) is 0 Å². The second-order valence-electron chi connectivity index (χ2n) is 5.78. The Hall–Kier alpha value is -1.86. The molecule has 0 fully saturated rings. The summed E-state index contributed by atoms with van der Waals surface area (Å²) in [6.07, 6.45) is 6.53. The number of nitrogens with two attached hydrogens (primary N) is 1. The Bertz CT molecular complexity index is 615. The van der Waals surface area contributed by atoms with Crippen molar-refractivity contribution in [2.24, 2.45) is 5.73 Å². The van der Waals surface area contributed by atoms with Crippen LogP contribution in [0.25, 0.3) is 12.2 Å². The predicted molar refractivity (Wildman–Crippen MR) is 93.4 cm³/mol. The maximum atomic E-state index is 5.58. The summed E-state index contributed by atoms with van der Waals surface area (Å²) in [7, 11) is 0. The Balaban J connectivity index is 2.21. The third-order valence-electron chi connectivity index (χ3n) is 3.80. The Kier molecular flexibility index (Phi) is 5.35. The molecule has 2 aromatic rings. The minimum absolute atomic E-state index is 0.752. The number of rotatable bonds is 5. The first-order valence-corrected chi connectivity index (χ1v) is 7.65. The highest BCUT2D eigenvalue weighted by Gasteiger charge is 2.00. The van der Waals surface area contributed by atoms with Gasteiger partial charge in [-0.15, -0.1) is 0 Å². The van der Waals surface area contributed by atoms with Crippen molar-refractivity contribution in [3.63, 3.8) is 0 Å². The van der Waals surface area contributed by atoms with Gasteiger partial charge in [0.15, 0.2) is 0 Å². The van der Waals surface area contributed by atoms with Crippen LogP contribution in [0.3, 0.4) is 0 Å². The average Bonchev–Trinajstić information content (AvgIpc) is 2.44. The fourth-order valence-corrected chi connectivity index (χ4v) is 2.79. The molecule has 0 aliphatic carbocycles. The molecular formula is C20H25N. The standard InChI is InChI=1S/C20H25N/c1-15-12-16(2)20(17(3)13-15)10-9-19-7-4-6-18(14-19)8-5-11-21/h4,6-7,9-10,12-14H,5,8,11,21H2,1-3H3/b10-9+. The Morgan fingerprint density at radius 3 is 2.33 bits per heavy atom. The normalized spacial score (nSPS) is 11.2. The number of hydrogen-bond donors (Lipinski definition) is 1. The molecule has 0 aromatic heterocycles. The van der Waals surface area contributed by atoms with Gasteiger partial charge in [0.05, 0.1) is 0 Å². The first-order chi connectivity index (χ1) is 10.1. The Morgan fingerprint density at radius 2 is 1.67 bits per heavy atom. The van der Waals surface area contributed by atoms with Gasteiger partial charge in [-0.05, 0) is 68.0 Å². The molecule has 0 aliphatic rings. The lowest BCUT2D eigenvalue weighted by molar-refractivity contribution is 0.832. The summed E-state index contributed by atoms with van der Waals surface area (Å²) in [6, 6.07) is 13.2. The highest BCUT2D eigenvalue weighted by Crippen LogP contribution is 2.19. The van der Waals surface area contributed by atoms with Gasteiger partial charge >= 0.3 is 0 Å². The van der Waals surface area contributed by atoms with E-state index in [0.29, 0.717) is 0 Å². The maximum Gasteiger partial charge on any atom is -0.00741 e. The van der Waals surface area contributed by atoms with E-state index in [1.54, 1.807) is 0 Å². The smallest absolute Gasteiger partial charge is 0.00741 e. The van der Waals surface area contributed by atoms with Gasteiger partial charge in [0.1, 0.15) is 0 Å². The summed E-state index contributed by atoms with van der Waals surface area (Å²) < 4.78 is 0. The zero-order chi connectivity index (χ0) is 15.2. The Labute approximate surface area is 128 Å². The SMILES string of the molecule is Cc1cc(C)c(/C=C/c2cccc(CCCN)c2)c(C)c1. The minimum atomic E-state index is 0.752. The molecule has 1 nitrogen and oxygen atoms in total. The van der Waals surface area contributed by atoms with Crippen LogP contribution in [0, 0.1) is 20.8 Å². The van der Waals surface area contributed by atoms with E-state index < -0.39 is 0 Å². The number of hydrogen-bond acceptors (Lipinski definition) is 1. The van der Waals surface area contributed by atoms with Crippen molar-refractivity contribution in [2.45, 2.75) is 33.6 Å². The van der Waals surface area contributed by atoms with Gasteiger partial charge in [-0.3, -0.25) is 0 Å². The van der Waals surface area contributed by atoms with Gasteiger partial charge in [-0.1, -0.05) is 54.1 Å². The summed E-state index contributed by atoms with van der Waals surface area (Å²) in [4.78, 5) is 0. The van der Waals surface area contributed by atoms with Crippen LogP contribution in [0.5, 0.6) is 0 Å². The van der Waals surface area contributed by atoms with Crippen molar-refractivity contribution in [2.75, 3.05) is 6.54 Å². The van der Waals surface area contributed by atoms with Crippen molar-refractivity contribution in [1.29, 1.82) is 0 Å². The molecule has 2 aromatic carbocycles. The van der Waals surface area contributed by atoms with Crippen molar-refractivity contribution in [1.82, 2.24) is 0 Å². The fraction of sp³-hybridized carbons (Fsp3) is 0.300. The van der Waals surface area contributed by atoms with Crippen LogP contribution in [0.1, 0.15) is 39.8 Å². The lowest BCUT2D eigenvalue weighted by Crippen LogP contribution is -2.00. The fourth-order valence-electron chi connectivity index (χ4n) is 2.79. The number of benzene rings is 2. The molecular weight excluding hydrogens is 254 g/mol. The van der Waals surface area contributed by atoms with E-state index in [4.69, 9.17) is 5.73 Å². The summed E-state index contributed by atoms with van der Waals surface area (Å²) in [5.74, 6) is 0. The van der Waals surface area contributed by atoms with Crippen LogP contribution >= 0.6 is 0 Å². The molecule has 21 heavy (non-hydrogen) atoms. The van der Waals surface area contributed by atoms with Crippen molar-refractivity contribution in [3.8, 4) is 0 Å². The molecule has 0 aliphatic heterocycles. The highest BCUT2D eigenvalue weighted by atomic mass is 14.5. The van der Waals surface area contributed by atoms with Crippen molar-refractivity contribution >= 4 is 12.2 Å². The quantitative estimate of drug-likeness (QED) is 0.791. The minimum Gasteiger partial charge on any atom is -0.330 e. The summed E-state index contributed by atoms with van der Waals surface area (Å²) in [5, 5.41) is 0. The zero-order valence-electron chi connectivity index (χ0n) is 13.3. The zero-order valence-corrected chi connectivity index (χ0v) is 13.3. The number of aryl methyl sites for hydroxylation is 4. The van der Waals surface area contributed by atoms with E-state index in [9.17, 15) is 0 Å². The molecule has 2 N–H and O–H groups in total. The third-order valence-corrected chi connectivity index (χ3v) is 3.80. The van der Waals surface area contributed by atoms with Crippen molar-refractivity contribution < 1.29 is 0 Å². The summed E-state index contributed by atoms with van der Waals surface area (Å²) in [6.45, 7) is 7.25. The predicted octanol–water partition coefficient (Wildman–Crippen LogP) is 4.67. The largest absolute Gasteiger partial charge is 0.330 e. The molecule has 0 spiro atoms. The molecule has 0 atom stereocenters. The lowest BCUT2D eigenvalue weighted by Gasteiger charge is -2.07. The molecule has 0 saturated carbocycles. The summed E-state index contributed by atoms with van der Waals surface area (Å²) >= 11 is 0. The molecule has 2 rings (SSSR count). The van der Waals surface area contributed by atoms with Crippen LogP contribution in [0.2, 0.25) is 0 Å². The van der Waals surface area contributed by atoms with Crippen LogP contribution in [-0.4, -0.2) is 6.54 Å². The first-order valence-electron chi connectivity index (χ1n) is 7.65. The molecule has 0 unspecified atom stereocenters.